The number of sulfonamides is 1. The van der Waals surface area contributed by atoms with E-state index in [-0.39, 0.29) is 29.7 Å². The van der Waals surface area contributed by atoms with Gasteiger partial charge in [0.1, 0.15) is 12.6 Å². The molecule has 4 rings (SSSR count). The van der Waals surface area contributed by atoms with Crippen molar-refractivity contribution in [3.63, 3.8) is 0 Å². The summed E-state index contributed by atoms with van der Waals surface area (Å²) in [5.41, 5.74) is 3.62. The molecule has 0 heterocycles. The monoisotopic (exact) mass is 645 g/mol. The summed E-state index contributed by atoms with van der Waals surface area (Å²) in [6.07, 6.45) is 0.258. The fourth-order valence-corrected chi connectivity index (χ4v) is 6.81. The van der Waals surface area contributed by atoms with E-state index in [9.17, 15) is 18.0 Å². The van der Waals surface area contributed by atoms with Crippen LogP contribution in [0.5, 0.6) is 0 Å². The van der Waals surface area contributed by atoms with Gasteiger partial charge in [-0.05, 0) is 72.4 Å². The lowest BCUT2D eigenvalue weighted by Crippen LogP contribution is -2.54. The molecule has 0 radical (unpaired) electrons. The van der Waals surface area contributed by atoms with E-state index >= 15 is 0 Å². The molecule has 1 unspecified atom stereocenters. The standard InChI is InChI=1S/C36H40ClN3O4S/c1-26(2)23-38-36(42)34(22-29-14-7-5-8-15-29)39(24-30-16-12-11-13-27(30)3)35(41)25-40(33-20-19-31(37)21-28(33)4)45(43,44)32-17-9-6-10-18-32/h5-21,26,34H,22-25H2,1-4H3,(H,38,42). The Morgan fingerprint density at radius 2 is 1.44 bits per heavy atom. The lowest BCUT2D eigenvalue weighted by molar-refractivity contribution is -0.140. The molecule has 45 heavy (non-hydrogen) atoms. The highest BCUT2D eigenvalue weighted by Gasteiger charge is 2.35. The van der Waals surface area contributed by atoms with E-state index in [0.717, 1.165) is 21.0 Å². The quantitative estimate of drug-likeness (QED) is 0.178. The van der Waals surface area contributed by atoms with E-state index < -0.39 is 28.5 Å². The maximum atomic E-state index is 14.6. The van der Waals surface area contributed by atoms with Crippen molar-refractivity contribution in [3.05, 3.63) is 130 Å². The molecule has 4 aromatic rings. The number of carbonyl (C=O) groups is 2. The van der Waals surface area contributed by atoms with Crippen LogP contribution in [0.1, 0.15) is 36.1 Å². The van der Waals surface area contributed by atoms with Crippen LogP contribution < -0.4 is 9.62 Å². The Kier molecular flexibility index (Phi) is 11.4. The predicted molar refractivity (Wildman–Crippen MR) is 181 cm³/mol. The first-order valence-corrected chi connectivity index (χ1v) is 16.8. The first-order chi connectivity index (χ1) is 21.5. The van der Waals surface area contributed by atoms with E-state index in [1.165, 1.54) is 17.0 Å². The molecule has 0 saturated carbocycles. The Bertz CT molecular complexity index is 1710. The third kappa shape index (κ3) is 8.74. The molecule has 0 fully saturated rings. The summed E-state index contributed by atoms with van der Waals surface area (Å²) < 4.78 is 29.4. The number of nitrogens with one attached hydrogen (secondary N) is 1. The average Bonchev–Trinajstić information content (AvgIpc) is 3.02. The number of carbonyl (C=O) groups excluding carboxylic acids is 2. The van der Waals surface area contributed by atoms with E-state index in [2.05, 4.69) is 5.32 Å². The van der Waals surface area contributed by atoms with E-state index in [0.29, 0.717) is 22.8 Å². The van der Waals surface area contributed by atoms with Gasteiger partial charge in [-0.3, -0.25) is 13.9 Å². The number of halogens is 1. The van der Waals surface area contributed by atoms with Crippen molar-refractivity contribution in [1.82, 2.24) is 10.2 Å². The molecule has 9 heteroatoms. The van der Waals surface area contributed by atoms with Crippen LogP contribution in [0.25, 0.3) is 0 Å². The lowest BCUT2D eigenvalue weighted by atomic mass is 10.0. The molecule has 0 aliphatic carbocycles. The SMILES string of the molecule is Cc1ccccc1CN(C(=O)CN(c1ccc(Cl)cc1C)S(=O)(=O)c1ccccc1)C(Cc1ccccc1)C(=O)NCC(C)C. The smallest absolute Gasteiger partial charge is 0.264 e. The van der Waals surface area contributed by atoms with Crippen LogP contribution in [-0.4, -0.2) is 44.3 Å². The zero-order valence-corrected chi connectivity index (χ0v) is 27.7. The molecule has 0 saturated heterocycles. The van der Waals surface area contributed by atoms with E-state index in [1.54, 1.807) is 43.3 Å². The zero-order valence-electron chi connectivity index (χ0n) is 26.1. The lowest BCUT2D eigenvalue weighted by Gasteiger charge is -2.34. The molecule has 7 nitrogen and oxygen atoms in total. The molecule has 1 atom stereocenters. The van der Waals surface area contributed by atoms with Gasteiger partial charge in [0.05, 0.1) is 10.6 Å². The number of hydrogen-bond donors (Lipinski definition) is 1. The minimum atomic E-state index is -4.18. The van der Waals surface area contributed by atoms with Crippen LogP contribution >= 0.6 is 11.6 Å². The van der Waals surface area contributed by atoms with Crippen molar-refractivity contribution < 1.29 is 18.0 Å². The molecular weight excluding hydrogens is 606 g/mol. The Hall–Kier alpha value is -4.14. The summed E-state index contributed by atoms with van der Waals surface area (Å²) in [6, 6.07) is 29.2. The number of nitrogens with zero attached hydrogens (tertiary/aromatic N) is 2. The van der Waals surface area contributed by atoms with Gasteiger partial charge in [-0.2, -0.15) is 0 Å². The highest BCUT2D eigenvalue weighted by atomic mass is 35.5. The summed E-state index contributed by atoms with van der Waals surface area (Å²) in [4.78, 5) is 30.0. The molecule has 1 N–H and O–H groups in total. The van der Waals surface area contributed by atoms with Crippen molar-refractivity contribution in [2.24, 2.45) is 5.92 Å². The fourth-order valence-electron chi connectivity index (χ4n) is 5.08. The summed E-state index contributed by atoms with van der Waals surface area (Å²) in [6.45, 7) is 7.75. The first-order valence-electron chi connectivity index (χ1n) is 15.0. The van der Waals surface area contributed by atoms with Crippen LogP contribution in [0.15, 0.2) is 108 Å². The van der Waals surface area contributed by atoms with Crippen LogP contribution in [0.2, 0.25) is 5.02 Å². The number of rotatable bonds is 13. The summed E-state index contributed by atoms with van der Waals surface area (Å²) in [5.74, 6) is -0.603. The van der Waals surface area contributed by atoms with Crippen molar-refractivity contribution in [1.29, 1.82) is 0 Å². The number of benzene rings is 4. The predicted octanol–water partition coefficient (Wildman–Crippen LogP) is 6.56. The Labute approximate surface area is 271 Å². The van der Waals surface area contributed by atoms with Crippen LogP contribution in [-0.2, 0) is 32.6 Å². The second-order valence-corrected chi connectivity index (χ2v) is 13.8. The minimum absolute atomic E-state index is 0.0492. The average molecular weight is 646 g/mol. The maximum absolute atomic E-state index is 14.6. The van der Waals surface area contributed by atoms with Gasteiger partial charge in [0.2, 0.25) is 11.8 Å². The van der Waals surface area contributed by atoms with Gasteiger partial charge >= 0.3 is 0 Å². The van der Waals surface area contributed by atoms with E-state index in [1.807, 2.05) is 75.4 Å². The van der Waals surface area contributed by atoms with Gasteiger partial charge in [0.15, 0.2) is 0 Å². The third-order valence-electron chi connectivity index (χ3n) is 7.60. The van der Waals surface area contributed by atoms with Crippen molar-refractivity contribution >= 4 is 39.1 Å². The van der Waals surface area contributed by atoms with Gasteiger partial charge in [0.25, 0.3) is 10.0 Å². The third-order valence-corrected chi connectivity index (χ3v) is 9.60. The molecule has 0 bridgehead atoms. The zero-order chi connectivity index (χ0) is 32.6. The second-order valence-electron chi connectivity index (χ2n) is 11.5. The Morgan fingerprint density at radius 1 is 0.822 bits per heavy atom. The van der Waals surface area contributed by atoms with Gasteiger partial charge < -0.3 is 10.2 Å². The Morgan fingerprint density at radius 3 is 2.07 bits per heavy atom. The van der Waals surface area contributed by atoms with Crippen molar-refractivity contribution in [2.45, 2.75) is 51.6 Å². The van der Waals surface area contributed by atoms with Crippen molar-refractivity contribution in [2.75, 3.05) is 17.4 Å². The molecule has 236 valence electrons. The maximum Gasteiger partial charge on any atom is 0.264 e. The molecule has 0 aliphatic heterocycles. The Balaban J connectivity index is 1.82. The van der Waals surface area contributed by atoms with Gasteiger partial charge in [0, 0.05) is 24.5 Å². The highest BCUT2D eigenvalue weighted by molar-refractivity contribution is 7.92. The number of aryl methyl sites for hydroxylation is 2. The van der Waals surface area contributed by atoms with Crippen LogP contribution in [0.4, 0.5) is 5.69 Å². The molecule has 4 aromatic carbocycles. The summed E-state index contributed by atoms with van der Waals surface area (Å²) >= 11 is 6.23. The number of hydrogen-bond acceptors (Lipinski definition) is 4. The molecule has 0 spiro atoms. The highest BCUT2D eigenvalue weighted by Crippen LogP contribution is 2.29. The van der Waals surface area contributed by atoms with Crippen LogP contribution in [0.3, 0.4) is 0 Å². The summed E-state index contributed by atoms with van der Waals surface area (Å²) in [7, 11) is -4.18. The molecule has 0 aromatic heterocycles. The molecule has 2 amide bonds. The number of amides is 2. The normalized spacial score (nSPS) is 12.0. The van der Waals surface area contributed by atoms with Crippen molar-refractivity contribution in [3.8, 4) is 0 Å². The molecule has 0 aliphatic rings. The minimum Gasteiger partial charge on any atom is -0.354 e. The van der Waals surface area contributed by atoms with Crippen LogP contribution in [0, 0.1) is 19.8 Å². The van der Waals surface area contributed by atoms with Gasteiger partial charge in [-0.1, -0.05) is 98.2 Å². The first kappa shape index (κ1) is 33.7. The second kappa shape index (κ2) is 15.2. The topological polar surface area (TPSA) is 86.8 Å². The summed E-state index contributed by atoms with van der Waals surface area (Å²) in [5, 5.41) is 3.46. The fraction of sp³-hybridized carbons (Fsp3) is 0.278. The van der Waals surface area contributed by atoms with Gasteiger partial charge in [-0.15, -0.1) is 0 Å². The van der Waals surface area contributed by atoms with Gasteiger partial charge in [-0.25, -0.2) is 8.42 Å². The molecular formula is C36H40ClN3O4S. The number of anilines is 1. The largest absolute Gasteiger partial charge is 0.354 e. The van der Waals surface area contributed by atoms with E-state index in [4.69, 9.17) is 11.6 Å².